The van der Waals surface area contributed by atoms with Crippen LogP contribution in [0.15, 0.2) is 60.9 Å². The van der Waals surface area contributed by atoms with Gasteiger partial charge in [0.05, 0.1) is 6.04 Å². The molecule has 0 fully saturated rings. The highest BCUT2D eigenvalue weighted by Crippen LogP contribution is 2.45. The Morgan fingerprint density at radius 2 is 1.50 bits per heavy atom. The lowest BCUT2D eigenvalue weighted by molar-refractivity contribution is 0.0752. The number of hydrogen-bond acceptors (Lipinski definition) is 4. The molecule has 4 rings (SSSR count). The maximum absolute atomic E-state index is 12.9. The number of carbonyl (C=O) groups is 1. The second-order valence-corrected chi connectivity index (χ2v) is 5.78. The third-order valence-electron chi connectivity index (χ3n) is 4.44. The largest absolute Gasteiger partial charge is 0.382 e. The van der Waals surface area contributed by atoms with Gasteiger partial charge >= 0.3 is 0 Å². The van der Waals surface area contributed by atoms with Crippen LogP contribution in [0.2, 0.25) is 0 Å². The number of aromatic nitrogens is 2. The summed E-state index contributed by atoms with van der Waals surface area (Å²) in [6.07, 6.45) is 2.96. The lowest BCUT2D eigenvalue weighted by Crippen LogP contribution is -2.32. The van der Waals surface area contributed by atoms with E-state index in [9.17, 15) is 4.79 Å². The van der Waals surface area contributed by atoms with Crippen molar-refractivity contribution in [3.8, 4) is 11.1 Å². The van der Waals surface area contributed by atoms with Crippen LogP contribution in [0.3, 0.4) is 0 Å². The van der Waals surface area contributed by atoms with Crippen molar-refractivity contribution in [3.05, 3.63) is 77.7 Å². The Balaban J connectivity index is 1.82. The van der Waals surface area contributed by atoms with Crippen LogP contribution in [0.1, 0.15) is 27.7 Å². The van der Waals surface area contributed by atoms with Crippen molar-refractivity contribution in [2.45, 2.75) is 6.04 Å². The minimum absolute atomic E-state index is 0.147. The van der Waals surface area contributed by atoms with Gasteiger partial charge in [-0.1, -0.05) is 48.5 Å². The molecular formula is C19H16N4O. The van der Waals surface area contributed by atoms with Gasteiger partial charge in [-0.2, -0.15) is 0 Å². The molecule has 1 aliphatic rings. The van der Waals surface area contributed by atoms with Crippen molar-refractivity contribution in [1.82, 2.24) is 14.9 Å². The quantitative estimate of drug-likeness (QED) is 0.789. The fraction of sp³-hybridized carbons (Fsp3) is 0.105. The van der Waals surface area contributed by atoms with Crippen LogP contribution >= 0.6 is 0 Å². The Morgan fingerprint density at radius 3 is 2.08 bits per heavy atom. The van der Waals surface area contributed by atoms with E-state index < -0.39 is 0 Å². The highest BCUT2D eigenvalue weighted by atomic mass is 16.2. The zero-order chi connectivity index (χ0) is 16.7. The first-order valence-corrected chi connectivity index (χ1v) is 7.70. The smallest absolute Gasteiger partial charge is 0.276 e. The lowest BCUT2D eigenvalue weighted by atomic mass is 10.0. The molecule has 5 nitrogen and oxygen atoms in total. The van der Waals surface area contributed by atoms with E-state index in [2.05, 4.69) is 34.2 Å². The first kappa shape index (κ1) is 14.4. The molecular weight excluding hydrogens is 300 g/mol. The van der Waals surface area contributed by atoms with E-state index in [0.717, 1.165) is 22.3 Å². The third-order valence-corrected chi connectivity index (χ3v) is 4.44. The number of nitrogen functional groups attached to an aromatic ring is 1. The summed E-state index contributed by atoms with van der Waals surface area (Å²) in [5, 5.41) is 0. The molecule has 118 valence electrons. The van der Waals surface area contributed by atoms with Crippen molar-refractivity contribution in [2.75, 3.05) is 12.8 Å². The van der Waals surface area contributed by atoms with Crippen LogP contribution in [0.25, 0.3) is 11.1 Å². The monoisotopic (exact) mass is 316 g/mol. The molecule has 2 aromatic carbocycles. The summed E-state index contributed by atoms with van der Waals surface area (Å²) < 4.78 is 0. The number of hydrogen-bond donors (Lipinski definition) is 1. The molecule has 0 saturated heterocycles. The maximum atomic E-state index is 12.9. The van der Waals surface area contributed by atoms with E-state index in [1.54, 1.807) is 11.9 Å². The molecule has 0 spiro atoms. The Morgan fingerprint density at radius 1 is 0.958 bits per heavy atom. The fourth-order valence-corrected chi connectivity index (χ4v) is 3.34. The van der Waals surface area contributed by atoms with Gasteiger partial charge in [0.1, 0.15) is 0 Å². The summed E-state index contributed by atoms with van der Waals surface area (Å²) in [5.41, 5.74) is 10.5. The molecule has 0 unspecified atom stereocenters. The molecule has 0 saturated carbocycles. The summed E-state index contributed by atoms with van der Waals surface area (Å²) in [5.74, 6) is -0.0916. The van der Waals surface area contributed by atoms with Gasteiger partial charge in [-0.25, -0.2) is 9.97 Å². The molecule has 0 atom stereocenters. The average molecular weight is 316 g/mol. The van der Waals surface area contributed by atoms with Gasteiger partial charge in [0.2, 0.25) is 0 Å². The van der Waals surface area contributed by atoms with Crippen LogP contribution in [0, 0.1) is 0 Å². The van der Waals surface area contributed by atoms with Gasteiger partial charge in [-0.05, 0) is 22.3 Å². The second-order valence-electron chi connectivity index (χ2n) is 5.78. The van der Waals surface area contributed by atoms with Crippen LogP contribution in [-0.4, -0.2) is 27.8 Å². The van der Waals surface area contributed by atoms with E-state index in [1.165, 1.54) is 12.4 Å². The van der Waals surface area contributed by atoms with E-state index >= 15 is 0 Å². The molecule has 0 aliphatic heterocycles. The maximum Gasteiger partial charge on any atom is 0.276 e. The van der Waals surface area contributed by atoms with Gasteiger partial charge in [0, 0.05) is 19.4 Å². The Bertz CT molecular complexity index is 892. The van der Waals surface area contributed by atoms with Gasteiger partial charge < -0.3 is 10.6 Å². The van der Waals surface area contributed by atoms with Gasteiger partial charge in [0.25, 0.3) is 5.91 Å². The Kier molecular flexibility index (Phi) is 3.27. The number of benzene rings is 2. The number of rotatable bonds is 2. The predicted octanol–water partition coefficient (Wildman–Crippen LogP) is 2.90. The van der Waals surface area contributed by atoms with E-state index in [1.807, 2.05) is 24.3 Å². The van der Waals surface area contributed by atoms with Gasteiger partial charge in [-0.15, -0.1) is 0 Å². The predicted molar refractivity (Wildman–Crippen MR) is 92.3 cm³/mol. The molecule has 1 aromatic heterocycles. The van der Waals surface area contributed by atoms with Crippen molar-refractivity contribution in [3.63, 3.8) is 0 Å². The Labute approximate surface area is 139 Å². The summed E-state index contributed by atoms with van der Waals surface area (Å²) >= 11 is 0. The third kappa shape index (κ3) is 2.06. The number of carbonyl (C=O) groups excluding carboxylic acids is 1. The zero-order valence-electron chi connectivity index (χ0n) is 13.2. The first-order chi connectivity index (χ1) is 11.7. The number of nitrogens with zero attached hydrogens (tertiary/aromatic N) is 3. The summed E-state index contributed by atoms with van der Waals surface area (Å²) in [6.45, 7) is 0. The molecule has 1 aliphatic carbocycles. The van der Waals surface area contributed by atoms with Crippen LogP contribution in [-0.2, 0) is 0 Å². The second kappa shape index (κ2) is 5.45. The molecule has 3 aromatic rings. The SMILES string of the molecule is CN(C(=O)c1nccnc1N)C1c2ccccc2-c2ccccc21. The van der Waals surface area contributed by atoms with Crippen molar-refractivity contribution >= 4 is 11.7 Å². The minimum Gasteiger partial charge on any atom is -0.382 e. The number of amides is 1. The molecule has 2 N–H and O–H groups in total. The van der Waals surface area contributed by atoms with Gasteiger partial charge in [0.15, 0.2) is 11.5 Å². The highest BCUT2D eigenvalue weighted by Gasteiger charge is 2.34. The van der Waals surface area contributed by atoms with Crippen molar-refractivity contribution in [1.29, 1.82) is 0 Å². The number of fused-ring (bicyclic) bond motifs is 3. The Hall–Kier alpha value is -3.21. The number of anilines is 1. The number of nitrogens with two attached hydrogens (primary N) is 1. The van der Waals surface area contributed by atoms with Gasteiger partial charge in [-0.3, -0.25) is 4.79 Å². The summed E-state index contributed by atoms with van der Waals surface area (Å²) in [7, 11) is 1.78. The van der Waals surface area contributed by atoms with Crippen LogP contribution < -0.4 is 5.73 Å². The average Bonchev–Trinajstić information content (AvgIpc) is 2.95. The molecule has 5 heteroatoms. The molecule has 24 heavy (non-hydrogen) atoms. The lowest BCUT2D eigenvalue weighted by Gasteiger charge is -2.26. The highest BCUT2D eigenvalue weighted by molar-refractivity contribution is 5.97. The molecule has 0 bridgehead atoms. The van der Waals surface area contributed by atoms with Crippen LogP contribution in [0.5, 0.6) is 0 Å². The topological polar surface area (TPSA) is 72.1 Å². The zero-order valence-corrected chi connectivity index (χ0v) is 13.2. The fourth-order valence-electron chi connectivity index (χ4n) is 3.34. The molecule has 0 radical (unpaired) electrons. The van der Waals surface area contributed by atoms with E-state index in [0.29, 0.717) is 0 Å². The molecule has 1 amide bonds. The summed E-state index contributed by atoms with van der Waals surface area (Å²) in [4.78, 5) is 22.7. The molecule has 1 heterocycles. The first-order valence-electron chi connectivity index (χ1n) is 7.70. The van der Waals surface area contributed by atoms with Crippen molar-refractivity contribution in [2.24, 2.45) is 0 Å². The van der Waals surface area contributed by atoms with E-state index in [-0.39, 0.29) is 23.5 Å². The standard InChI is InChI=1S/C19H16N4O/c1-23(19(24)16-18(20)22-11-10-21-16)17-14-8-4-2-6-12(14)13-7-3-5-9-15(13)17/h2-11,17H,1H3,(H2,20,22). The summed E-state index contributed by atoms with van der Waals surface area (Å²) in [6, 6.07) is 16.1. The van der Waals surface area contributed by atoms with Crippen molar-refractivity contribution < 1.29 is 4.79 Å². The van der Waals surface area contributed by atoms with Crippen LogP contribution in [0.4, 0.5) is 5.82 Å². The normalized spacial score (nSPS) is 12.5. The minimum atomic E-state index is -0.239. The van der Waals surface area contributed by atoms with E-state index in [4.69, 9.17) is 5.73 Å².